The number of aromatic nitrogens is 1. The Morgan fingerprint density at radius 3 is 2.69 bits per heavy atom. The Kier molecular flexibility index (Phi) is 5.50. The summed E-state index contributed by atoms with van der Waals surface area (Å²) in [4.78, 5) is 28.4. The molecule has 2 aromatic heterocycles. The number of likely N-dealkylation sites (tertiary alicyclic amines) is 1. The van der Waals surface area contributed by atoms with Crippen molar-refractivity contribution in [3.8, 4) is 0 Å². The van der Waals surface area contributed by atoms with E-state index >= 15 is 0 Å². The van der Waals surface area contributed by atoms with Crippen molar-refractivity contribution in [2.75, 3.05) is 25.5 Å². The molecule has 35 heavy (non-hydrogen) atoms. The summed E-state index contributed by atoms with van der Waals surface area (Å²) in [5.74, 6) is 0.0689. The monoisotopic (exact) mass is 488 g/mol. The number of hydrogen-bond donors (Lipinski definition) is 2. The van der Waals surface area contributed by atoms with E-state index in [-0.39, 0.29) is 18.0 Å². The molecule has 1 aliphatic heterocycles. The molecule has 2 aliphatic rings. The van der Waals surface area contributed by atoms with Crippen LogP contribution in [0.4, 0.5) is 16.2 Å². The number of thiophene rings is 1. The van der Waals surface area contributed by atoms with Crippen LogP contribution < -0.4 is 10.6 Å². The van der Waals surface area contributed by atoms with E-state index in [1.54, 1.807) is 11.7 Å². The average Bonchev–Trinajstić information content (AvgIpc) is 3.24. The fourth-order valence-corrected chi connectivity index (χ4v) is 5.95. The lowest BCUT2D eigenvalue weighted by Crippen LogP contribution is -2.30. The van der Waals surface area contributed by atoms with Crippen molar-refractivity contribution in [3.63, 3.8) is 0 Å². The number of ether oxygens (including phenoxy) is 1. The van der Waals surface area contributed by atoms with Gasteiger partial charge in [-0.1, -0.05) is 12.1 Å². The summed E-state index contributed by atoms with van der Waals surface area (Å²) >= 11 is 1.52. The Morgan fingerprint density at radius 1 is 1.06 bits per heavy atom. The Bertz CT molecular complexity index is 1450. The molecule has 0 radical (unpaired) electrons. The van der Waals surface area contributed by atoms with E-state index in [4.69, 9.17) is 4.74 Å². The summed E-state index contributed by atoms with van der Waals surface area (Å²) in [6, 6.07) is 16.4. The maximum atomic E-state index is 13.1. The van der Waals surface area contributed by atoms with Crippen LogP contribution in [-0.2, 0) is 4.74 Å². The third kappa shape index (κ3) is 4.17. The molecule has 7 nitrogen and oxygen atoms in total. The second-order valence-electron chi connectivity index (χ2n) is 9.48. The normalized spacial score (nSPS) is 17.9. The number of benzene rings is 2. The minimum Gasteiger partial charge on any atom is -0.380 e. The molecule has 3 heterocycles. The van der Waals surface area contributed by atoms with E-state index in [2.05, 4.69) is 16.7 Å². The van der Waals surface area contributed by atoms with Crippen LogP contribution in [0, 0.1) is 6.92 Å². The summed E-state index contributed by atoms with van der Waals surface area (Å²) in [6.07, 6.45) is 3.13. The number of methoxy groups -OCH3 is 1. The van der Waals surface area contributed by atoms with Crippen molar-refractivity contribution >= 4 is 55.6 Å². The number of anilines is 2. The number of nitrogens with zero attached hydrogens (tertiary/aromatic N) is 2. The maximum absolute atomic E-state index is 13.1. The van der Waals surface area contributed by atoms with Crippen molar-refractivity contribution in [2.24, 2.45) is 0 Å². The molecule has 4 aromatic rings. The predicted molar refractivity (Wildman–Crippen MR) is 140 cm³/mol. The van der Waals surface area contributed by atoms with Gasteiger partial charge in [-0.2, -0.15) is 0 Å². The Morgan fingerprint density at radius 2 is 1.91 bits per heavy atom. The first-order valence-electron chi connectivity index (χ1n) is 12.0. The SMILES string of the molecule is CO[C@@H]1CCN(C(=O)c2cc3cccc(Nc4ccc5c(c4)cc(C)n5C(=O)NC4CC4)c3s2)C1. The number of carbonyl (C=O) groups excluding carboxylic acids is 2. The summed E-state index contributed by atoms with van der Waals surface area (Å²) in [5.41, 5.74) is 3.71. The van der Waals surface area contributed by atoms with Crippen LogP contribution in [0.2, 0.25) is 0 Å². The van der Waals surface area contributed by atoms with Crippen LogP contribution in [0.1, 0.15) is 34.6 Å². The topological polar surface area (TPSA) is 75.6 Å². The van der Waals surface area contributed by atoms with Crippen molar-refractivity contribution in [3.05, 3.63) is 59.1 Å². The third-order valence-corrected chi connectivity index (χ3v) is 8.07. The average molecular weight is 489 g/mol. The summed E-state index contributed by atoms with van der Waals surface area (Å²) in [6.45, 7) is 3.33. The highest BCUT2D eigenvalue weighted by Gasteiger charge is 2.28. The number of fused-ring (bicyclic) bond motifs is 2. The second-order valence-corrected chi connectivity index (χ2v) is 10.5. The van der Waals surface area contributed by atoms with Crippen LogP contribution in [0.25, 0.3) is 21.0 Å². The van der Waals surface area contributed by atoms with Crippen LogP contribution in [0.3, 0.4) is 0 Å². The van der Waals surface area contributed by atoms with E-state index in [1.165, 1.54) is 11.3 Å². The van der Waals surface area contributed by atoms with Crippen LogP contribution in [-0.4, -0.2) is 53.8 Å². The zero-order valence-electron chi connectivity index (χ0n) is 19.8. The maximum Gasteiger partial charge on any atom is 0.326 e. The number of aryl methyl sites for hydroxylation is 1. The lowest BCUT2D eigenvalue weighted by molar-refractivity contribution is 0.0728. The first-order valence-corrected chi connectivity index (χ1v) is 12.9. The molecular formula is C27H28N4O3S. The molecule has 8 heteroatoms. The predicted octanol–water partition coefficient (Wildman–Crippen LogP) is 5.49. The molecule has 0 spiro atoms. The van der Waals surface area contributed by atoms with Gasteiger partial charge in [-0.3, -0.25) is 9.36 Å². The first-order chi connectivity index (χ1) is 17.0. The smallest absolute Gasteiger partial charge is 0.326 e. The number of amides is 2. The third-order valence-electron chi connectivity index (χ3n) is 6.89. The molecule has 1 aliphatic carbocycles. The first kappa shape index (κ1) is 22.1. The van der Waals surface area contributed by atoms with E-state index in [9.17, 15) is 9.59 Å². The van der Waals surface area contributed by atoms with Gasteiger partial charge in [-0.05, 0) is 68.0 Å². The zero-order chi connectivity index (χ0) is 24.1. The number of carbonyl (C=O) groups is 2. The van der Waals surface area contributed by atoms with Crippen molar-refractivity contribution in [1.82, 2.24) is 14.8 Å². The summed E-state index contributed by atoms with van der Waals surface area (Å²) in [7, 11) is 1.70. The van der Waals surface area contributed by atoms with Crippen molar-refractivity contribution in [2.45, 2.75) is 38.3 Å². The molecule has 180 valence electrons. The van der Waals surface area contributed by atoms with E-state index < -0.39 is 0 Å². The Hall–Kier alpha value is -3.36. The highest BCUT2D eigenvalue weighted by Crippen LogP contribution is 2.35. The van der Waals surface area contributed by atoms with Gasteiger partial charge in [-0.15, -0.1) is 11.3 Å². The minimum absolute atomic E-state index is 0.0592. The molecule has 2 amide bonds. The number of rotatable bonds is 5. The highest BCUT2D eigenvalue weighted by atomic mass is 32.1. The standard InChI is InChI=1S/C27H28N4O3S/c1-16-12-18-13-20(8-9-23(18)31(16)27(33)29-19-6-7-19)28-22-5-3-4-17-14-24(35-25(17)22)26(32)30-11-10-21(15-30)34-2/h3-5,8-9,12-14,19,21,28H,6-7,10-11,15H2,1-2H3,(H,29,33)/t21-/m1/s1. The molecule has 1 atom stereocenters. The van der Waals surface area contributed by atoms with Gasteiger partial charge in [0, 0.05) is 43.0 Å². The molecular weight excluding hydrogens is 460 g/mol. The molecule has 2 fully saturated rings. The lowest BCUT2D eigenvalue weighted by atomic mass is 10.2. The van der Waals surface area contributed by atoms with E-state index in [0.29, 0.717) is 12.6 Å². The van der Waals surface area contributed by atoms with Gasteiger partial charge in [0.25, 0.3) is 5.91 Å². The van der Waals surface area contributed by atoms with E-state index in [1.807, 2.05) is 54.3 Å². The van der Waals surface area contributed by atoms with Crippen LogP contribution in [0.15, 0.2) is 48.5 Å². The quantitative estimate of drug-likeness (QED) is 0.390. The Labute approximate surface area is 207 Å². The van der Waals surface area contributed by atoms with Gasteiger partial charge < -0.3 is 20.3 Å². The highest BCUT2D eigenvalue weighted by molar-refractivity contribution is 7.21. The number of nitrogens with one attached hydrogen (secondary N) is 2. The second kappa shape index (κ2) is 8.70. The van der Waals surface area contributed by atoms with Gasteiger partial charge >= 0.3 is 6.03 Å². The molecule has 1 saturated heterocycles. The fraction of sp³-hybridized carbons (Fsp3) is 0.333. The summed E-state index contributed by atoms with van der Waals surface area (Å²) < 4.78 is 8.22. The van der Waals surface area contributed by atoms with Crippen LogP contribution in [0.5, 0.6) is 0 Å². The van der Waals surface area contributed by atoms with Gasteiger partial charge in [0.15, 0.2) is 0 Å². The molecule has 0 bridgehead atoms. The Balaban J connectivity index is 1.27. The zero-order valence-corrected chi connectivity index (χ0v) is 20.7. The number of hydrogen-bond acceptors (Lipinski definition) is 5. The van der Waals surface area contributed by atoms with Crippen molar-refractivity contribution < 1.29 is 14.3 Å². The van der Waals surface area contributed by atoms with Gasteiger partial charge in [0.05, 0.1) is 26.9 Å². The van der Waals surface area contributed by atoms with E-state index in [0.717, 1.165) is 68.7 Å². The van der Waals surface area contributed by atoms with Crippen LogP contribution >= 0.6 is 11.3 Å². The lowest BCUT2D eigenvalue weighted by Gasteiger charge is -2.14. The van der Waals surface area contributed by atoms with Crippen molar-refractivity contribution in [1.29, 1.82) is 0 Å². The molecule has 2 N–H and O–H groups in total. The van der Waals surface area contributed by atoms with Gasteiger partial charge in [0.2, 0.25) is 0 Å². The molecule has 6 rings (SSSR count). The molecule has 0 unspecified atom stereocenters. The van der Waals surface area contributed by atoms with Gasteiger partial charge in [0.1, 0.15) is 0 Å². The molecule has 2 aromatic carbocycles. The fourth-order valence-electron chi connectivity index (χ4n) is 4.85. The summed E-state index contributed by atoms with van der Waals surface area (Å²) in [5, 5.41) is 8.66. The van der Waals surface area contributed by atoms with Gasteiger partial charge in [-0.25, -0.2) is 4.79 Å². The molecule has 1 saturated carbocycles. The minimum atomic E-state index is -0.0592. The largest absolute Gasteiger partial charge is 0.380 e.